The number of para-hydroxylation sites is 1. The number of thiocarbonyl (C=S) groups is 1. The molecule has 2 aromatic carbocycles. The summed E-state index contributed by atoms with van der Waals surface area (Å²) in [6.07, 6.45) is 0. The predicted octanol–water partition coefficient (Wildman–Crippen LogP) is 4.52. The van der Waals surface area contributed by atoms with Gasteiger partial charge in [-0.3, -0.25) is 0 Å². The Kier molecular flexibility index (Phi) is 5.67. The number of anilines is 2. The molecule has 2 aromatic rings. The summed E-state index contributed by atoms with van der Waals surface area (Å²) in [4.78, 5) is 8.20. The minimum absolute atomic E-state index is 0.365. The summed E-state index contributed by atoms with van der Waals surface area (Å²) < 4.78 is 0. The summed E-state index contributed by atoms with van der Waals surface area (Å²) in [5.74, 6) is 0. The topological polar surface area (TPSA) is 18.5 Å². The van der Waals surface area contributed by atoms with Gasteiger partial charge >= 0.3 is 0 Å². The van der Waals surface area contributed by atoms with Crippen molar-refractivity contribution in [3.8, 4) is 0 Å². The fraction of sp³-hybridized carbons (Fsp3) is 0.350. The highest BCUT2D eigenvalue weighted by molar-refractivity contribution is 7.99. The molecule has 1 N–H and O–H groups in total. The van der Waals surface area contributed by atoms with Gasteiger partial charge in [0.05, 0.1) is 11.4 Å². The van der Waals surface area contributed by atoms with Crippen molar-refractivity contribution in [2.45, 2.75) is 29.7 Å². The van der Waals surface area contributed by atoms with Crippen molar-refractivity contribution >= 4 is 40.3 Å². The number of fused-ring (bicyclic) bond motifs is 2. The van der Waals surface area contributed by atoms with Crippen molar-refractivity contribution in [1.82, 2.24) is 10.2 Å². The zero-order valence-electron chi connectivity index (χ0n) is 15.2. The first-order valence-corrected chi connectivity index (χ1v) is 9.88. The van der Waals surface area contributed by atoms with E-state index >= 15 is 0 Å². The third-order valence-corrected chi connectivity index (χ3v) is 6.18. The van der Waals surface area contributed by atoms with Gasteiger partial charge in [-0.05, 0) is 44.8 Å². The lowest BCUT2D eigenvalue weighted by Crippen LogP contribution is -2.39. The van der Waals surface area contributed by atoms with E-state index in [-0.39, 0.29) is 0 Å². The van der Waals surface area contributed by atoms with Crippen LogP contribution in [-0.2, 0) is 0 Å². The Bertz CT molecular complexity index is 775. The van der Waals surface area contributed by atoms with E-state index < -0.39 is 0 Å². The van der Waals surface area contributed by atoms with Crippen molar-refractivity contribution in [3.05, 3.63) is 48.0 Å². The largest absolute Gasteiger partial charge is 0.379 e. The summed E-state index contributed by atoms with van der Waals surface area (Å²) in [6.45, 7) is 6.55. The molecule has 25 heavy (non-hydrogen) atoms. The molecule has 0 aliphatic carbocycles. The van der Waals surface area contributed by atoms with E-state index in [1.165, 1.54) is 21.2 Å². The molecule has 5 heteroatoms. The van der Waals surface area contributed by atoms with Gasteiger partial charge in [-0.1, -0.05) is 49.1 Å². The molecule has 1 unspecified atom stereocenters. The molecule has 1 heterocycles. The molecule has 3 rings (SSSR count). The van der Waals surface area contributed by atoms with E-state index in [0.29, 0.717) is 6.04 Å². The zero-order chi connectivity index (χ0) is 18.0. The predicted molar refractivity (Wildman–Crippen MR) is 113 cm³/mol. The molecule has 0 amide bonds. The van der Waals surface area contributed by atoms with Crippen molar-refractivity contribution in [3.63, 3.8) is 0 Å². The maximum Gasteiger partial charge on any atom is 0.106 e. The first kappa shape index (κ1) is 18.2. The number of nitrogens with zero attached hydrogens (tertiary/aromatic N) is 2. The van der Waals surface area contributed by atoms with E-state index in [0.717, 1.165) is 23.6 Å². The van der Waals surface area contributed by atoms with Crippen LogP contribution in [0.15, 0.2) is 52.3 Å². The Balaban J connectivity index is 2.07. The first-order valence-electron chi connectivity index (χ1n) is 8.66. The Morgan fingerprint density at radius 2 is 1.92 bits per heavy atom. The van der Waals surface area contributed by atoms with Gasteiger partial charge in [0, 0.05) is 35.0 Å². The SMILES string of the molecule is CCN(C)CC(C)N1c2ccccc2Sc2ccc(C(=S)NC)cc21. The average molecular weight is 372 g/mol. The maximum absolute atomic E-state index is 5.45. The molecule has 0 saturated carbocycles. The van der Waals surface area contributed by atoms with Gasteiger partial charge in [-0.25, -0.2) is 0 Å². The molecular weight excluding hydrogens is 346 g/mol. The molecule has 0 spiro atoms. The Morgan fingerprint density at radius 3 is 2.64 bits per heavy atom. The van der Waals surface area contributed by atoms with Crippen molar-refractivity contribution in [2.75, 3.05) is 32.1 Å². The van der Waals surface area contributed by atoms with E-state index in [9.17, 15) is 0 Å². The molecule has 0 bridgehead atoms. The number of likely N-dealkylation sites (N-methyl/N-ethyl adjacent to an activating group) is 1. The third kappa shape index (κ3) is 3.68. The fourth-order valence-corrected chi connectivity index (χ4v) is 4.38. The Hall–Kier alpha value is -1.56. The van der Waals surface area contributed by atoms with Crippen molar-refractivity contribution in [1.29, 1.82) is 0 Å². The second-order valence-corrected chi connectivity index (χ2v) is 7.90. The maximum atomic E-state index is 5.45. The number of rotatable bonds is 5. The van der Waals surface area contributed by atoms with Crippen LogP contribution >= 0.6 is 24.0 Å². The highest BCUT2D eigenvalue weighted by Crippen LogP contribution is 2.49. The van der Waals surface area contributed by atoms with Gasteiger partial charge in [-0.15, -0.1) is 0 Å². The van der Waals surface area contributed by atoms with Crippen LogP contribution in [-0.4, -0.2) is 43.1 Å². The molecule has 0 radical (unpaired) electrons. The summed E-state index contributed by atoms with van der Waals surface area (Å²) in [7, 11) is 4.05. The average Bonchev–Trinajstić information content (AvgIpc) is 2.64. The Labute approximate surface area is 160 Å². The monoisotopic (exact) mass is 371 g/mol. The van der Waals surface area contributed by atoms with E-state index in [1.807, 2.05) is 18.8 Å². The highest BCUT2D eigenvalue weighted by Gasteiger charge is 2.27. The lowest BCUT2D eigenvalue weighted by molar-refractivity contribution is 0.332. The number of benzene rings is 2. The summed E-state index contributed by atoms with van der Waals surface area (Å²) in [6, 6.07) is 15.6. The first-order chi connectivity index (χ1) is 12.0. The van der Waals surface area contributed by atoms with E-state index in [2.05, 4.69) is 78.5 Å². The smallest absolute Gasteiger partial charge is 0.106 e. The number of hydrogen-bond donors (Lipinski definition) is 1. The summed E-state index contributed by atoms with van der Waals surface area (Å²) in [5, 5.41) is 3.09. The van der Waals surface area contributed by atoms with Crippen LogP contribution in [0.25, 0.3) is 0 Å². The minimum Gasteiger partial charge on any atom is -0.379 e. The fourth-order valence-electron chi connectivity index (χ4n) is 3.20. The zero-order valence-corrected chi connectivity index (χ0v) is 16.9. The summed E-state index contributed by atoms with van der Waals surface area (Å²) in [5.41, 5.74) is 3.60. The molecule has 0 aromatic heterocycles. The second-order valence-electron chi connectivity index (χ2n) is 6.41. The molecule has 1 aliphatic heterocycles. The van der Waals surface area contributed by atoms with Gasteiger partial charge in [0.15, 0.2) is 0 Å². The number of hydrogen-bond acceptors (Lipinski definition) is 4. The standard InChI is InChI=1S/C20H25N3S2/c1-5-22(4)13-14(2)23-16-8-6-7-9-18(16)25-19-11-10-15(12-17(19)23)20(24)21-3/h6-12,14H,5,13H2,1-4H3,(H,21,24). The van der Waals surface area contributed by atoms with E-state index in [1.54, 1.807) is 0 Å². The van der Waals surface area contributed by atoms with Crippen molar-refractivity contribution in [2.24, 2.45) is 0 Å². The molecule has 1 aliphatic rings. The van der Waals surface area contributed by atoms with Crippen LogP contribution in [0.2, 0.25) is 0 Å². The summed E-state index contributed by atoms with van der Waals surface area (Å²) >= 11 is 7.29. The molecule has 3 nitrogen and oxygen atoms in total. The van der Waals surface area contributed by atoms with Gasteiger partial charge in [0.1, 0.15) is 4.99 Å². The van der Waals surface area contributed by atoms with Crippen LogP contribution in [0.3, 0.4) is 0 Å². The molecule has 0 fully saturated rings. The molecular formula is C20H25N3S2. The second kappa shape index (κ2) is 7.77. The van der Waals surface area contributed by atoms with Crippen LogP contribution in [0.1, 0.15) is 19.4 Å². The van der Waals surface area contributed by atoms with E-state index in [4.69, 9.17) is 12.2 Å². The van der Waals surface area contributed by atoms with Crippen LogP contribution < -0.4 is 10.2 Å². The normalized spacial score (nSPS) is 14.0. The lowest BCUT2D eigenvalue weighted by atomic mass is 10.1. The van der Waals surface area contributed by atoms with Crippen molar-refractivity contribution < 1.29 is 0 Å². The Morgan fingerprint density at radius 1 is 1.20 bits per heavy atom. The van der Waals surface area contributed by atoms with Crippen LogP contribution in [0, 0.1) is 0 Å². The molecule has 0 saturated heterocycles. The highest BCUT2D eigenvalue weighted by atomic mass is 32.2. The lowest BCUT2D eigenvalue weighted by Gasteiger charge is -2.39. The van der Waals surface area contributed by atoms with Crippen LogP contribution in [0.5, 0.6) is 0 Å². The van der Waals surface area contributed by atoms with Gasteiger partial charge in [0.25, 0.3) is 0 Å². The number of nitrogens with one attached hydrogen (secondary N) is 1. The quantitative estimate of drug-likeness (QED) is 0.776. The molecule has 1 atom stereocenters. The molecule has 132 valence electrons. The van der Waals surface area contributed by atoms with Gasteiger partial charge in [0.2, 0.25) is 0 Å². The third-order valence-electron chi connectivity index (χ3n) is 4.61. The van der Waals surface area contributed by atoms with Crippen LogP contribution in [0.4, 0.5) is 11.4 Å². The van der Waals surface area contributed by atoms with Gasteiger partial charge < -0.3 is 15.1 Å². The minimum atomic E-state index is 0.365. The van der Waals surface area contributed by atoms with Gasteiger partial charge in [-0.2, -0.15) is 0 Å².